The summed E-state index contributed by atoms with van der Waals surface area (Å²) in [5.41, 5.74) is 1.38. The summed E-state index contributed by atoms with van der Waals surface area (Å²) in [4.78, 5) is 12.0. The lowest BCUT2D eigenvalue weighted by atomic mass is 10.2. The number of benzene rings is 2. The van der Waals surface area contributed by atoms with E-state index in [4.69, 9.17) is 63.4 Å². The van der Waals surface area contributed by atoms with Gasteiger partial charge < -0.3 is 15.4 Å². The Balaban J connectivity index is 1.93. The van der Waals surface area contributed by atoms with Crippen LogP contribution < -0.4 is 16.0 Å². The highest BCUT2D eigenvalue weighted by Crippen LogP contribution is 2.29. The van der Waals surface area contributed by atoms with Crippen LogP contribution in [-0.2, 0) is 11.3 Å². The summed E-state index contributed by atoms with van der Waals surface area (Å²) in [5, 5.41) is 8.57. The molecule has 2 aromatic carbocycles. The second-order valence-corrected chi connectivity index (χ2v) is 8.44. The fourth-order valence-corrected chi connectivity index (χ4v) is 2.67. The van der Waals surface area contributed by atoms with Crippen LogP contribution in [0.3, 0.4) is 0 Å². The molecule has 27 heavy (non-hydrogen) atoms. The van der Waals surface area contributed by atoms with E-state index < -0.39 is 16.1 Å². The standard InChI is InChI=1S/C17H15Cl4N3O2S/c18-12-8-4-5-9-13(12)22-15(27)23-14(17(19,20)21)24-16(25)26-10-11-6-2-1-3-7-11/h1-9,14H,10H2,(H,24,25)(H2,22,23,27). The van der Waals surface area contributed by atoms with E-state index in [1.807, 2.05) is 30.3 Å². The highest BCUT2D eigenvalue weighted by atomic mass is 35.6. The van der Waals surface area contributed by atoms with Crippen LogP contribution in [0.5, 0.6) is 0 Å². The Labute approximate surface area is 182 Å². The summed E-state index contributed by atoms with van der Waals surface area (Å²) >= 11 is 29.0. The van der Waals surface area contributed by atoms with Crippen LogP contribution in [0.25, 0.3) is 0 Å². The molecule has 1 unspecified atom stereocenters. The van der Waals surface area contributed by atoms with Gasteiger partial charge in [0.05, 0.1) is 10.7 Å². The summed E-state index contributed by atoms with van der Waals surface area (Å²) in [5.74, 6) is 0. The van der Waals surface area contributed by atoms with Crippen molar-refractivity contribution in [1.29, 1.82) is 0 Å². The average Bonchev–Trinajstić information content (AvgIpc) is 2.61. The minimum Gasteiger partial charge on any atom is -0.445 e. The summed E-state index contributed by atoms with van der Waals surface area (Å²) in [6.07, 6.45) is -1.92. The molecule has 144 valence electrons. The number of amides is 1. The van der Waals surface area contributed by atoms with Gasteiger partial charge in [-0.1, -0.05) is 88.9 Å². The molecule has 2 rings (SSSR count). The van der Waals surface area contributed by atoms with Crippen molar-refractivity contribution in [1.82, 2.24) is 10.6 Å². The largest absolute Gasteiger partial charge is 0.445 e. The number of alkyl halides is 3. The zero-order chi connectivity index (χ0) is 19.9. The van der Waals surface area contributed by atoms with E-state index in [1.54, 1.807) is 24.3 Å². The molecular weight excluding hydrogens is 452 g/mol. The van der Waals surface area contributed by atoms with Gasteiger partial charge in [-0.15, -0.1) is 0 Å². The molecule has 3 N–H and O–H groups in total. The van der Waals surface area contributed by atoms with E-state index in [2.05, 4.69) is 16.0 Å². The third-order valence-corrected chi connectivity index (χ3v) is 4.40. The maximum atomic E-state index is 12.0. The molecule has 0 aliphatic rings. The number of rotatable bonds is 5. The SMILES string of the molecule is O=C(NC(NC(=S)Nc1ccccc1Cl)C(Cl)(Cl)Cl)OCc1ccccc1. The normalized spacial score (nSPS) is 12.0. The van der Waals surface area contributed by atoms with Crippen molar-refractivity contribution in [2.45, 2.75) is 16.6 Å². The van der Waals surface area contributed by atoms with Gasteiger partial charge in [0, 0.05) is 0 Å². The van der Waals surface area contributed by atoms with Crippen molar-refractivity contribution in [2.75, 3.05) is 5.32 Å². The molecule has 0 radical (unpaired) electrons. The molecule has 5 nitrogen and oxygen atoms in total. The molecule has 0 saturated carbocycles. The first kappa shape index (κ1) is 21.9. The van der Waals surface area contributed by atoms with Gasteiger partial charge in [0.25, 0.3) is 0 Å². The molecule has 10 heteroatoms. The first-order valence-electron chi connectivity index (χ1n) is 7.61. The molecule has 1 atom stereocenters. The van der Waals surface area contributed by atoms with Crippen LogP contribution in [-0.4, -0.2) is 21.2 Å². The third-order valence-electron chi connectivity index (χ3n) is 3.20. The minimum absolute atomic E-state index is 0.0710. The summed E-state index contributed by atoms with van der Waals surface area (Å²) in [6, 6.07) is 16.1. The van der Waals surface area contributed by atoms with Crippen LogP contribution in [0.1, 0.15) is 5.56 Å². The molecule has 0 aliphatic carbocycles. The molecule has 0 spiro atoms. The van der Waals surface area contributed by atoms with Gasteiger partial charge in [-0.25, -0.2) is 4.79 Å². The molecule has 0 fully saturated rings. The monoisotopic (exact) mass is 465 g/mol. The van der Waals surface area contributed by atoms with E-state index in [0.29, 0.717) is 10.7 Å². The Morgan fingerprint density at radius 1 is 1.04 bits per heavy atom. The number of nitrogens with one attached hydrogen (secondary N) is 3. The smallest absolute Gasteiger partial charge is 0.409 e. The van der Waals surface area contributed by atoms with Crippen molar-refractivity contribution in [3.8, 4) is 0 Å². The Morgan fingerprint density at radius 2 is 1.67 bits per heavy atom. The quantitative estimate of drug-likeness (QED) is 0.319. The van der Waals surface area contributed by atoms with E-state index in [-0.39, 0.29) is 11.7 Å². The lowest BCUT2D eigenvalue weighted by molar-refractivity contribution is 0.135. The average molecular weight is 467 g/mol. The number of halogens is 4. The molecule has 0 aliphatic heterocycles. The molecule has 0 heterocycles. The van der Waals surface area contributed by atoms with Gasteiger partial charge >= 0.3 is 6.09 Å². The number of carbonyl (C=O) groups is 1. The number of carbonyl (C=O) groups excluding carboxylic acids is 1. The Bertz CT molecular complexity index is 787. The Kier molecular flexibility index (Phi) is 8.26. The first-order chi connectivity index (χ1) is 12.8. The number of ether oxygens (including phenoxy) is 1. The van der Waals surface area contributed by atoms with Gasteiger partial charge in [-0.3, -0.25) is 5.32 Å². The number of para-hydroxylation sites is 1. The molecule has 0 aromatic heterocycles. The van der Waals surface area contributed by atoms with Gasteiger partial charge in [0.15, 0.2) is 11.3 Å². The van der Waals surface area contributed by atoms with Gasteiger partial charge in [-0.05, 0) is 29.9 Å². The molecule has 1 amide bonds. The van der Waals surface area contributed by atoms with E-state index in [1.165, 1.54) is 0 Å². The summed E-state index contributed by atoms with van der Waals surface area (Å²) in [6.45, 7) is 0.0710. The van der Waals surface area contributed by atoms with Crippen LogP contribution >= 0.6 is 58.6 Å². The predicted octanol–water partition coefficient (Wildman–Crippen LogP) is 5.25. The zero-order valence-electron chi connectivity index (χ0n) is 13.7. The molecular formula is C17H15Cl4N3O2S. The molecule has 2 aromatic rings. The van der Waals surface area contributed by atoms with Gasteiger partial charge in [0.2, 0.25) is 3.79 Å². The number of anilines is 1. The Hall–Kier alpha value is -1.44. The summed E-state index contributed by atoms with van der Waals surface area (Å²) < 4.78 is 3.23. The van der Waals surface area contributed by atoms with E-state index in [0.717, 1.165) is 5.56 Å². The fourth-order valence-electron chi connectivity index (χ4n) is 1.93. The van der Waals surface area contributed by atoms with Crippen molar-refractivity contribution >= 4 is 75.5 Å². The van der Waals surface area contributed by atoms with Crippen molar-refractivity contribution in [3.05, 3.63) is 65.2 Å². The van der Waals surface area contributed by atoms with E-state index in [9.17, 15) is 4.79 Å². The van der Waals surface area contributed by atoms with Gasteiger partial charge in [0.1, 0.15) is 6.61 Å². The topological polar surface area (TPSA) is 62.4 Å². The van der Waals surface area contributed by atoms with Crippen LogP contribution in [0, 0.1) is 0 Å². The predicted molar refractivity (Wildman–Crippen MR) is 115 cm³/mol. The van der Waals surface area contributed by atoms with Crippen molar-refractivity contribution in [3.63, 3.8) is 0 Å². The maximum Gasteiger partial charge on any atom is 0.409 e. The van der Waals surface area contributed by atoms with Crippen LogP contribution in [0.4, 0.5) is 10.5 Å². The lowest BCUT2D eigenvalue weighted by Crippen LogP contribution is -2.56. The number of thiocarbonyl (C=S) groups is 1. The lowest BCUT2D eigenvalue weighted by Gasteiger charge is -2.27. The number of alkyl carbamates (subject to hydrolysis) is 1. The maximum absolute atomic E-state index is 12.0. The minimum atomic E-state index is -1.89. The fraction of sp³-hybridized carbons (Fsp3) is 0.176. The van der Waals surface area contributed by atoms with Crippen LogP contribution in [0.2, 0.25) is 5.02 Å². The highest BCUT2D eigenvalue weighted by molar-refractivity contribution is 7.80. The number of hydrogen-bond acceptors (Lipinski definition) is 3. The highest BCUT2D eigenvalue weighted by Gasteiger charge is 2.35. The van der Waals surface area contributed by atoms with Crippen molar-refractivity contribution in [2.24, 2.45) is 0 Å². The molecule has 0 saturated heterocycles. The second-order valence-electron chi connectivity index (χ2n) is 5.26. The third kappa shape index (κ3) is 7.60. The van der Waals surface area contributed by atoms with Crippen molar-refractivity contribution < 1.29 is 9.53 Å². The van der Waals surface area contributed by atoms with Gasteiger partial charge in [-0.2, -0.15) is 0 Å². The van der Waals surface area contributed by atoms with Crippen LogP contribution in [0.15, 0.2) is 54.6 Å². The second kappa shape index (κ2) is 10.2. The first-order valence-corrected chi connectivity index (χ1v) is 9.53. The Morgan fingerprint density at radius 3 is 2.30 bits per heavy atom. The van der Waals surface area contributed by atoms with E-state index >= 15 is 0 Å². The zero-order valence-corrected chi connectivity index (χ0v) is 17.6. The summed E-state index contributed by atoms with van der Waals surface area (Å²) in [7, 11) is 0. The number of hydrogen-bond donors (Lipinski definition) is 3. The molecule has 0 bridgehead atoms.